The van der Waals surface area contributed by atoms with Crippen LogP contribution >= 0.6 is 0 Å². The van der Waals surface area contributed by atoms with Gasteiger partial charge in [0.15, 0.2) is 0 Å². The summed E-state index contributed by atoms with van der Waals surface area (Å²) in [5.41, 5.74) is 5.00. The maximum absolute atomic E-state index is 14.1. The molecule has 0 radical (unpaired) electrons. The maximum Gasteiger partial charge on any atom is 0.243 e. The Morgan fingerprint density at radius 1 is 0.750 bits per heavy atom. The van der Waals surface area contributed by atoms with E-state index < -0.39 is 25.8 Å². The first kappa shape index (κ1) is 26.1. The molecule has 0 saturated carbocycles. The number of sulfonamides is 1. The number of hydrogen-bond donors (Lipinski definition) is 0. The zero-order valence-electron chi connectivity index (χ0n) is 21.0. The third-order valence-electron chi connectivity index (χ3n) is 6.63. The highest BCUT2D eigenvalue weighted by atomic mass is 32.2. The second-order valence-corrected chi connectivity index (χ2v) is 13.4. The van der Waals surface area contributed by atoms with Gasteiger partial charge in [-0.25, -0.2) is 16.8 Å². The lowest BCUT2D eigenvalue weighted by atomic mass is 9.85. The van der Waals surface area contributed by atoms with Crippen LogP contribution in [0.25, 0.3) is 5.57 Å². The summed E-state index contributed by atoms with van der Waals surface area (Å²) in [5, 5.41) is 0. The topological polar surface area (TPSA) is 71.5 Å². The van der Waals surface area contributed by atoms with Crippen LogP contribution in [0.4, 0.5) is 0 Å². The van der Waals surface area contributed by atoms with Gasteiger partial charge in [0.05, 0.1) is 21.2 Å². The van der Waals surface area contributed by atoms with Crippen molar-refractivity contribution in [3.8, 4) is 0 Å². The van der Waals surface area contributed by atoms with Crippen molar-refractivity contribution in [1.29, 1.82) is 0 Å². The van der Waals surface area contributed by atoms with Crippen molar-refractivity contribution in [3.05, 3.63) is 112 Å². The second kappa shape index (κ2) is 9.81. The van der Waals surface area contributed by atoms with E-state index in [-0.39, 0.29) is 27.8 Å². The van der Waals surface area contributed by atoms with Crippen LogP contribution in [0.1, 0.15) is 29.2 Å². The van der Waals surface area contributed by atoms with Gasteiger partial charge in [-0.05, 0) is 63.1 Å². The van der Waals surface area contributed by atoms with Gasteiger partial charge in [0, 0.05) is 12.5 Å². The van der Waals surface area contributed by atoms with Crippen LogP contribution in [-0.2, 0) is 19.9 Å². The third-order valence-corrected chi connectivity index (χ3v) is 10.3. The zero-order valence-corrected chi connectivity index (χ0v) is 22.7. The lowest BCUT2D eigenvalue weighted by Crippen LogP contribution is -2.42. The molecule has 4 rings (SSSR count). The fourth-order valence-electron chi connectivity index (χ4n) is 4.43. The predicted molar refractivity (Wildman–Crippen MR) is 145 cm³/mol. The van der Waals surface area contributed by atoms with Gasteiger partial charge < -0.3 is 0 Å². The van der Waals surface area contributed by atoms with Crippen LogP contribution in [0.3, 0.4) is 0 Å². The van der Waals surface area contributed by atoms with Crippen molar-refractivity contribution >= 4 is 25.4 Å². The minimum atomic E-state index is -4.00. The Balaban J connectivity index is 1.95. The highest BCUT2D eigenvalue weighted by Gasteiger charge is 2.40. The molecule has 7 heteroatoms. The average Bonchev–Trinajstić information content (AvgIpc) is 2.84. The van der Waals surface area contributed by atoms with Gasteiger partial charge >= 0.3 is 0 Å². The number of hydrogen-bond acceptors (Lipinski definition) is 4. The van der Waals surface area contributed by atoms with E-state index in [4.69, 9.17) is 0 Å². The molecule has 3 aromatic rings. The molecule has 36 heavy (non-hydrogen) atoms. The minimum absolute atomic E-state index is 0.0881. The number of nitrogens with zero attached hydrogens (tertiary/aromatic N) is 1. The molecule has 3 aromatic carbocycles. The summed E-state index contributed by atoms with van der Waals surface area (Å²) in [6, 6.07) is 20.9. The molecule has 188 valence electrons. The molecule has 0 fully saturated rings. The second-order valence-electron chi connectivity index (χ2n) is 9.53. The van der Waals surface area contributed by atoms with Crippen molar-refractivity contribution in [2.45, 2.75) is 37.5 Å². The minimum Gasteiger partial charge on any atom is -0.219 e. The van der Waals surface area contributed by atoms with Crippen LogP contribution in [0, 0.1) is 26.7 Å². The molecule has 0 saturated heterocycles. The first-order chi connectivity index (χ1) is 16.9. The highest BCUT2D eigenvalue weighted by Crippen LogP contribution is 2.41. The number of rotatable bonds is 6. The molecular weight excluding hydrogens is 490 g/mol. The lowest BCUT2D eigenvalue weighted by molar-refractivity contribution is 0.404. The van der Waals surface area contributed by atoms with E-state index in [0.717, 1.165) is 22.3 Å². The standard InChI is InChI=1S/C29H31NO4S2/c1-20(2)27-18-30(36(33,34)26-16-10-23(5)11-17-26)19-28(29(27)24-12-6-21(3)7-13-24)35(31,32)25-14-8-22(4)9-15-25/h6-17,27H,1,18-19H2,2-5H3. The maximum atomic E-state index is 14.1. The van der Waals surface area contributed by atoms with Crippen molar-refractivity contribution in [1.82, 2.24) is 4.31 Å². The lowest BCUT2D eigenvalue weighted by Gasteiger charge is -2.36. The van der Waals surface area contributed by atoms with E-state index in [1.54, 1.807) is 48.5 Å². The zero-order chi connectivity index (χ0) is 26.3. The fraction of sp³-hybridized carbons (Fsp3) is 0.241. The fourth-order valence-corrected chi connectivity index (χ4v) is 7.59. The predicted octanol–water partition coefficient (Wildman–Crippen LogP) is 5.69. The Bertz CT molecular complexity index is 1530. The first-order valence-electron chi connectivity index (χ1n) is 11.8. The normalized spacial score (nSPS) is 17.3. The molecule has 0 bridgehead atoms. The van der Waals surface area contributed by atoms with E-state index in [9.17, 15) is 16.8 Å². The van der Waals surface area contributed by atoms with Gasteiger partial charge in [0.25, 0.3) is 0 Å². The molecule has 1 aliphatic heterocycles. The SMILES string of the molecule is C=C(C)C1CN(S(=O)(=O)c2ccc(C)cc2)CC(S(=O)(=O)c2ccc(C)cc2)=C1c1ccc(C)cc1. The third kappa shape index (κ3) is 4.96. The van der Waals surface area contributed by atoms with E-state index >= 15 is 0 Å². The van der Waals surface area contributed by atoms with Gasteiger partial charge in [-0.1, -0.05) is 77.4 Å². The van der Waals surface area contributed by atoms with Gasteiger partial charge in [-0.3, -0.25) is 0 Å². The van der Waals surface area contributed by atoms with E-state index in [2.05, 4.69) is 6.58 Å². The monoisotopic (exact) mass is 521 g/mol. The Kier molecular flexibility index (Phi) is 7.10. The summed E-state index contributed by atoms with van der Waals surface area (Å²) in [5.74, 6) is -0.489. The molecule has 0 aliphatic carbocycles. The Morgan fingerprint density at radius 2 is 1.19 bits per heavy atom. The Hall–Kier alpha value is -3.00. The van der Waals surface area contributed by atoms with E-state index in [0.29, 0.717) is 11.1 Å². The van der Waals surface area contributed by atoms with Gasteiger partial charge in [-0.15, -0.1) is 0 Å². The molecule has 1 aliphatic rings. The van der Waals surface area contributed by atoms with Crippen LogP contribution in [0.15, 0.2) is 99.6 Å². The largest absolute Gasteiger partial charge is 0.243 e. The molecule has 1 unspecified atom stereocenters. The Labute approximate surface area is 214 Å². The van der Waals surface area contributed by atoms with Crippen molar-refractivity contribution in [3.63, 3.8) is 0 Å². The number of sulfone groups is 1. The van der Waals surface area contributed by atoms with Crippen LogP contribution in [0.5, 0.6) is 0 Å². The summed E-state index contributed by atoms with van der Waals surface area (Å²) >= 11 is 0. The van der Waals surface area contributed by atoms with Crippen LogP contribution in [-0.4, -0.2) is 34.2 Å². The molecule has 0 aromatic heterocycles. The smallest absolute Gasteiger partial charge is 0.219 e. The van der Waals surface area contributed by atoms with Crippen LogP contribution < -0.4 is 0 Å². The molecule has 0 N–H and O–H groups in total. The molecule has 1 heterocycles. The summed E-state index contributed by atoms with van der Waals surface area (Å²) in [6.45, 7) is 11.5. The molecule has 0 amide bonds. The van der Waals surface area contributed by atoms with Gasteiger partial charge in [0.1, 0.15) is 0 Å². The van der Waals surface area contributed by atoms with E-state index in [1.165, 1.54) is 4.31 Å². The van der Waals surface area contributed by atoms with Gasteiger partial charge in [-0.2, -0.15) is 4.31 Å². The summed E-state index contributed by atoms with van der Waals surface area (Å²) < 4.78 is 56.8. The summed E-state index contributed by atoms with van der Waals surface area (Å²) in [4.78, 5) is 0.368. The number of benzene rings is 3. The molecule has 0 spiro atoms. The quantitative estimate of drug-likeness (QED) is 0.391. The van der Waals surface area contributed by atoms with Crippen molar-refractivity contribution < 1.29 is 16.8 Å². The van der Waals surface area contributed by atoms with Crippen molar-refractivity contribution in [2.75, 3.05) is 13.1 Å². The molecule has 5 nitrogen and oxygen atoms in total. The van der Waals surface area contributed by atoms with Crippen LogP contribution in [0.2, 0.25) is 0 Å². The first-order valence-corrected chi connectivity index (χ1v) is 14.7. The average molecular weight is 522 g/mol. The Morgan fingerprint density at radius 3 is 1.67 bits per heavy atom. The summed E-state index contributed by atoms with van der Waals surface area (Å²) in [6.07, 6.45) is 0. The highest BCUT2D eigenvalue weighted by molar-refractivity contribution is 7.95. The van der Waals surface area contributed by atoms with Gasteiger partial charge in [0.2, 0.25) is 19.9 Å². The van der Waals surface area contributed by atoms with Crippen molar-refractivity contribution in [2.24, 2.45) is 5.92 Å². The van der Waals surface area contributed by atoms with E-state index in [1.807, 2.05) is 52.0 Å². The molecular formula is C29H31NO4S2. The number of aryl methyl sites for hydroxylation is 3. The summed E-state index contributed by atoms with van der Waals surface area (Å²) in [7, 11) is -7.95. The molecule has 1 atom stereocenters.